The molecular formula is C25H29N3O3. The third-order valence-electron chi connectivity index (χ3n) is 6.20. The Balaban J connectivity index is 1.66. The van der Waals surface area contributed by atoms with Crippen LogP contribution in [0, 0.1) is 6.92 Å². The summed E-state index contributed by atoms with van der Waals surface area (Å²) in [6.07, 6.45) is 2.93. The van der Waals surface area contributed by atoms with Crippen molar-refractivity contribution < 1.29 is 14.4 Å². The molecule has 4 rings (SSSR count). The molecule has 0 aromatic heterocycles. The van der Waals surface area contributed by atoms with E-state index in [2.05, 4.69) is 5.32 Å². The van der Waals surface area contributed by atoms with Gasteiger partial charge in [-0.15, -0.1) is 0 Å². The quantitative estimate of drug-likeness (QED) is 0.824. The molecule has 0 radical (unpaired) electrons. The summed E-state index contributed by atoms with van der Waals surface area (Å²) in [6.45, 7) is 5.66. The van der Waals surface area contributed by atoms with Gasteiger partial charge in [-0.2, -0.15) is 0 Å². The highest BCUT2D eigenvalue weighted by Gasteiger charge is 2.38. The Kier molecular flexibility index (Phi) is 6.07. The van der Waals surface area contributed by atoms with Crippen LogP contribution in [0.15, 0.2) is 42.5 Å². The smallest absolute Gasteiger partial charge is 0.254 e. The lowest BCUT2D eigenvalue weighted by molar-refractivity contribution is -0.135. The van der Waals surface area contributed by atoms with Gasteiger partial charge in [0.05, 0.1) is 0 Å². The lowest BCUT2D eigenvalue weighted by Gasteiger charge is -2.38. The predicted octanol–water partition coefficient (Wildman–Crippen LogP) is 3.53. The summed E-state index contributed by atoms with van der Waals surface area (Å²) in [5.41, 5.74) is 4.42. The van der Waals surface area contributed by atoms with Gasteiger partial charge in [-0.25, -0.2) is 0 Å². The van der Waals surface area contributed by atoms with Crippen LogP contribution in [0.25, 0.3) is 0 Å². The number of anilines is 1. The first-order valence-corrected chi connectivity index (χ1v) is 11.0. The van der Waals surface area contributed by atoms with Crippen LogP contribution in [0.2, 0.25) is 0 Å². The molecule has 2 aromatic carbocycles. The number of hydrogen-bond acceptors (Lipinski definition) is 3. The van der Waals surface area contributed by atoms with Crippen molar-refractivity contribution in [3.8, 4) is 0 Å². The van der Waals surface area contributed by atoms with Gasteiger partial charge in [-0.3, -0.25) is 14.4 Å². The van der Waals surface area contributed by atoms with Crippen LogP contribution in [0.3, 0.4) is 0 Å². The molecular weight excluding hydrogens is 390 g/mol. The maximum absolute atomic E-state index is 13.4. The van der Waals surface area contributed by atoms with E-state index in [4.69, 9.17) is 0 Å². The van der Waals surface area contributed by atoms with Crippen LogP contribution >= 0.6 is 0 Å². The zero-order chi connectivity index (χ0) is 22.0. The fraction of sp³-hybridized carbons (Fsp3) is 0.400. The molecule has 2 aromatic rings. The minimum atomic E-state index is -0.504. The summed E-state index contributed by atoms with van der Waals surface area (Å²) in [5.74, 6) is -0.149. The molecule has 2 heterocycles. The van der Waals surface area contributed by atoms with Crippen molar-refractivity contribution in [1.29, 1.82) is 0 Å². The van der Waals surface area contributed by atoms with Crippen LogP contribution in [0.1, 0.15) is 53.2 Å². The van der Waals surface area contributed by atoms with Crippen molar-refractivity contribution in [3.63, 3.8) is 0 Å². The first kappa shape index (κ1) is 21.1. The highest BCUT2D eigenvalue weighted by atomic mass is 16.2. The average Bonchev–Trinajstić information content (AvgIpc) is 3.32. The van der Waals surface area contributed by atoms with Gasteiger partial charge in [0.25, 0.3) is 5.91 Å². The fourth-order valence-electron chi connectivity index (χ4n) is 4.36. The third kappa shape index (κ3) is 4.48. The molecule has 31 heavy (non-hydrogen) atoms. The number of carbonyl (C=O) groups is 3. The molecule has 0 aliphatic carbocycles. The predicted molar refractivity (Wildman–Crippen MR) is 120 cm³/mol. The van der Waals surface area contributed by atoms with Crippen LogP contribution in [0.4, 0.5) is 5.69 Å². The first-order chi connectivity index (χ1) is 15.0. The Labute approximate surface area is 183 Å². The number of nitrogens with one attached hydrogen (secondary N) is 1. The lowest BCUT2D eigenvalue weighted by Crippen LogP contribution is -2.53. The minimum absolute atomic E-state index is 0.0342. The monoisotopic (exact) mass is 419 g/mol. The van der Waals surface area contributed by atoms with E-state index in [1.54, 1.807) is 4.90 Å². The van der Waals surface area contributed by atoms with Gasteiger partial charge in [0.1, 0.15) is 6.04 Å². The van der Waals surface area contributed by atoms with Crippen molar-refractivity contribution in [2.24, 2.45) is 0 Å². The van der Waals surface area contributed by atoms with Gasteiger partial charge < -0.3 is 15.1 Å². The van der Waals surface area contributed by atoms with E-state index in [0.29, 0.717) is 24.9 Å². The molecule has 2 aliphatic rings. The summed E-state index contributed by atoms with van der Waals surface area (Å²) in [4.78, 5) is 42.2. The van der Waals surface area contributed by atoms with Crippen LogP contribution < -0.4 is 5.32 Å². The Bertz CT molecular complexity index is 994. The number of benzene rings is 2. The minimum Gasteiger partial charge on any atom is -0.341 e. The molecule has 1 unspecified atom stereocenters. The number of hydrogen-bond donors (Lipinski definition) is 1. The van der Waals surface area contributed by atoms with E-state index >= 15 is 0 Å². The molecule has 0 spiro atoms. The first-order valence-electron chi connectivity index (χ1n) is 11.0. The van der Waals surface area contributed by atoms with Gasteiger partial charge in [-0.05, 0) is 55.2 Å². The summed E-state index contributed by atoms with van der Waals surface area (Å²) >= 11 is 0. The number of rotatable bonds is 4. The van der Waals surface area contributed by atoms with Crippen LogP contribution in [0.5, 0.6) is 0 Å². The van der Waals surface area contributed by atoms with Gasteiger partial charge >= 0.3 is 0 Å². The molecule has 1 atom stereocenters. The summed E-state index contributed by atoms with van der Waals surface area (Å²) < 4.78 is 0. The number of nitrogens with zero attached hydrogens (tertiary/aromatic N) is 2. The van der Waals surface area contributed by atoms with Gasteiger partial charge in [0.2, 0.25) is 11.8 Å². The molecule has 6 heteroatoms. The van der Waals surface area contributed by atoms with E-state index in [0.717, 1.165) is 48.3 Å². The van der Waals surface area contributed by atoms with E-state index in [1.165, 1.54) is 0 Å². The topological polar surface area (TPSA) is 69.7 Å². The van der Waals surface area contributed by atoms with Crippen molar-refractivity contribution in [1.82, 2.24) is 9.80 Å². The average molecular weight is 420 g/mol. The Morgan fingerprint density at radius 3 is 2.39 bits per heavy atom. The Morgan fingerprint density at radius 1 is 1.00 bits per heavy atom. The van der Waals surface area contributed by atoms with Crippen molar-refractivity contribution >= 4 is 23.4 Å². The standard InChI is InChI=1S/C25H29N3O3/c1-3-23(29)26-21-11-10-19-15-22(25(31)27-12-4-5-13-27)28(16-20(19)14-21)24(30)18-8-6-17(2)7-9-18/h6-11,14,22H,3-5,12-13,15-16H2,1-2H3,(H,26,29). The number of aryl methyl sites for hydroxylation is 1. The molecule has 0 bridgehead atoms. The van der Waals surface area contributed by atoms with E-state index in [-0.39, 0.29) is 17.7 Å². The zero-order valence-corrected chi connectivity index (χ0v) is 18.2. The van der Waals surface area contributed by atoms with Gasteiger partial charge in [0.15, 0.2) is 0 Å². The van der Waals surface area contributed by atoms with Crippen LogP contribution in [-0.2, 0) is 22.6 Å². The normalized spacial score (nSPS) is 17.9. The maximum Gasteiger partial charge on any atom is 0.254 e. The second kappa shape index (κ2) is 8.92. The largest absolute Gasteiger partial charge is 0.341 e. The molecule has 162 valence electrons. The highest BCUT2D eigenvalue weighted by molar-refractivity contribution is 5.98. The maximum atomic E-state index is 13.4. The molecule has 0 saturated carbocycles. The number of fused-ring (bicyclic) bond motifs is 1. The van der Waals surface area contributed by atoms with Crippen molar-refractivity contribution in [3.05, 3.63) is 64.7 Å². The highest BCUT2D eigenvalue weighted by Crippen LogP contribution is 2.29. The number of amides is 3. The summed E-state index contributed by atoms with van der Waals surface area (Å²) in [7, 11) is 0. The van der Waals surface area contributed by atoms with E-state index in [9.17, 15) is 14.4 Å². The van der Waals surface area contributed by atoms with Gasteiger partial charge in [-0.1, -0.05) is 30.7 Å². The third-order valence-corrected chi connectivity index (χ3v) is 6.20. The van der Waals surface area contributed by atoms with Gasteiger partial charge in [0, 0.05) is 43.7 Å². The van der Waals surface area contributed by atoms with Crippen molar-refractivity contribution in [2.75, 3.05) is 18.4 Å². The van der Waals surface area contributed by atoms with E-state index in [1.807, 2.05) is 61.2 Å². The lowest BCUT2D eigenvalue weighted by atomic mass is 9.92. The zero-order valence-electron chi connectivity index (χ0n) is 18.2. The summed E-state index contributed by atoms with van der Waals surface area (Å²) in [6, 6.07) is 12.7. The van der Waals surface area contributed by atoms with E-state index < -0.39 is 6.04 Å². The second-order valence-corrected chi connectivity index (χ2v) is 8.44. The fourth-order valence-corrected chi connectivity index (χ4v) is 4.36. The Hall–Kier alpha value is -3.15. The van der Waals surface area contributed by atoms with Crippen molar-refractivity contribution in [2.45, 2.75) is 52.1 Å². The number of carbonyl (C=O) groups excluding carboxylic acids is 3. The molecule has 2 aliphatic heterocycles. The molecule has 1 fully saturated rings. The molecule has 3 amide bonds. The number of likely N-dealkylation sites (tertiary alicyclic amines) is 1. The summed E-state index contributed by atoms with van der Waals surface area (Å²) in [5, 5.41) is 2.88. The Morgan fingerprint density at radius 2 is 1.71 bits per heavy atom. The molecule has 6 nitrogen and oxygen atoms in total. The van der Waals surface area contributed by atoms with Crippen LogP contribution in [-0.4, -0.2) is 46.7 Å². The SMILES string of the molecule is CCC(=O)Nc1ccc2c(c1)CN(C(=O)c1ccc(C)cc1)C(C(=O)N1CCCC1)C2. The second-order valence-electron chi connectivity index (χ2n) is 8.44. The molecule has 1 N–H and O–H groups in total. The molecule has 1 saturated heterocycles.